The Labute approximate surface area is 81.2 Å². The highest BCUT2D eigenvalue weighted by atomic mass is 79.9. The number of halogens is 1. The topological polar surface area (TPSA) is 9.23 Å². The summed E-state index contributed by atoms with van der Waals surface area (Å²) in [7, 11) is 0. The summed E-state index contributed by atoms with van der Waals surface area (Å²) in [5.74, 6) is 0.927. The SMILES string of the molecule is CCOc1ccccc1C=CBr. The molecular formula is C10H11BrO. The summed E-state index contributed by atoms with van der Waals surface area (Å²) in [5, 5.41) is 0. The van der Waals surface area contributed by atoms with Gasteiger partial charge in [0.25, 0.3) is 0 Å². The lowest BCUT2D eigenvalue weighted by Gasteiger charge is -2.05. The maximum absolute atomic E-state index is 5.42. The number of ether oxygens (including phenoxy) is 1. The minimum absolute atomic E-state index is 0.702. The van der Waals surface area contributed by atoms with E-state index in [-0.39, 0.29) is 0 Å². The van der Waals surface area contributed by atoms with Gasteiger partial charge in [-0.3, -0.25) is 0 Å². The minimum atomic E-state index is 0.702. The second kappa shape index (κ2) is 4.99. The molecule has 0 atom stereocenters. The molecule has 0 N–H and O–H groups in total. The quantitative estimate of drug-likeness (QED) is 0.768. The molecule has 0 unspecified atom stereocenters. The maximum atomic E-state index is 5.42. The van der Waals surface area contributed by atoms with Crippen LogP contribution in [0.25, 0.3) is 6.08 Å². The van der Waals surface area contributed by atoms with Crippen molar-refractivity contribution < 1.29 is 4.74 Å². The molecule has 0 spiro atoms. The van der Waals surface area contributed by atoms with Crippen LogP contribution < -0.4 is 4.74 Å². The van der Waals surface area contributed by atoms with E-state index in [1.54, 1.807) is 0 Å². The molecule has 64 valence electrons. The van der Waals surface area contributed by atoms with Crippen LogP contribution in [0.1, 0.15) is 12.5 Å². The highest BCUT2D eigenvalue weighted by Gasteiger charge is 1.96. The minimum Gasteiger partial charge on any atom is -0.493 e. The summed E-state index contributed by atoms with van der Waals surface area (Å²) in [6.07, 6.45) is 1.96. The van der Waals surface area contributed by atoms with E-state index in [0.29, 0.717) is 6.61 Å². The fraction of sp³-hybridized carbons (Fsp3) is 0.200. The van der Waals surface area contributed by atoms with Crippen LogP contribution in [0.5, 0.6) is 5.75 Å². The first kappa shape index (κ1) is 9.33. The van der Waals surface area contributed by atoms with Crippen LogP contribution >= 0.6 is 15.9 Å². The summed E-state index contributed by atoms with van der Waals surface area (Å²) >= 11 is 3.24. The molecule has 0 aromatic heterocycles. The molecule has 12 heavy (non-hydrogen) atoms. The van der Waals surface area contributed by atoms with Crippen molar-refractivity contribution in [3.8, 4) is 5.75 Å². The van der Waals surface area contributed by atoms with Crippen molar-refractivity contribution >= 4 is 22.0 Å². The molecule has 0 saturated heterocycles. The van der Waals surface area contributed by atoms with Crippen LogP contribution in [-0.4, -0.2) is 6.61 Å². The standard InChI is InChI=1S/C10H11BrO/c1-2-12-10-6-4-3-5-9(10)7-8-11/h3-8H,2H2,1H3. The van der Waals surface area contributed by atoms with Gasteiger partial charge < -0.3 is 4.74 Å². The molecule has 0 saturated carbocycles. The molecule has 0 amide bonds. The first-order chi connectivity index (χ1) is 5.88. The van der Waals surface area contributed by atoms with Crippen LogP contribution in [0.4, 0.5) is 0 Å². The lowest BCUT2D eigenvalue weighted by molar-refractivity contribution is 0.339. The van der Waals surface area contributed by atoms with Gasteiger partial charge in [0.05, 0.1) is 6.61 Å². The van der Waals surface area contributed by atoms with Gasteiger partial charge in [-0.25, -0.2) is 0 Å². The Kier molecular flexibility index (Phi) is 3.88. The first-order valence-corrected chi connectivity index (χ1v) is 4.78. The predicted molar refractivity (Wildman–Crippen MR) is 55.6 cm³/mol. The third-order valence-corrected chi connectivity index (χ3v) is 1.73. The summed E-state index contributed by atoms with van der Waals surface area (Å²) < 4.78 is 5.42. The van der Waals surface area contributed by atoms with Gasteiger partial charge in [-0.15, -0.1) is 0 Å². The number of benzene rings is 1. The van der Waals surface area contributed by atoms with E-state index in [2.05, 4.69) is 15.9 Å². The molecular weight excluding hydrogens is 216 g/mol. The maximum Gasteiger partial charge on any atom is 0.126 e. The van der Waals surface area contributed by atoms with Crippen molar-refractivity contribution in [1.82, 2.24) is 0 Å². The second-order valence-corrected chi connectivity index (χ2v) is 2.79. The average Bonchev–Trinajstić information content (AvgIpc) is 2.09. The Balaban J connectivity index is 2.91. The van der Waals surface area contributed by atoms with Gasteiger partial charge in [0.15, 0.2) is 0 Å². The fourth-order valence-corrected chi connectivity index (χ4v) is 1.26. The Morgan fingerprint density at radius 2 is 2.17 bits per heavy atom. The van der Waals surface area contributed by atoms with Crippen molar-refractivity contribution in [3.05, 3.63) is 34.8 Å². The fourth-order valence-electron chi connectivity index (χ4n) is 0.973. The third-order valence-electron chi connectivity index (χ3n) is 1.46. The van der Waals surface area contributed by atoms with Gasteiger partial charge in [-0.05, 0) is 24.1 Å². The molecule has 0 fully saturated rings. The van der Waals surface area contributed by atoms with E-state index in [0.717, 1.165) is 11.3 Å². The van der Waals surface area contributed by atoms with Crippen molar-refractivity contribution in [2.24, 2.45) is 0 Å². The van der Waals surface area contributed by atoms with Crippen LogP contribution in [0.15, 0.2) is 29.3 Å². The van der Waals surface area contributed by atoms with E-state index in [4.69, 9.17) is 4.74 Å². The lowest BCUT2D eigenvalue weighted by atomic mass is 10.2. The second-order valence-electron chi connectivity index (χ2n) is 2.26. The zero-order valence-electron chi connectivity index (χ0n) is 6.96. The van der Waals surface area contributed by atoms with Gasteiger partial charge in [0.1, 0.15) is 5.75 Å². The molecule has 1 aromatic rings. The predicted octanol–water partition coefficient (Wildman–Crippen LogP) is 3.45. The molecule has 2 heteroatoms. The van der Waals surface area contributed by atoms with Gasteiger partial charge in [0, 0.05) is 5.56 Å². The highest BCUT2D eigenvalue weighted by Crippen LogP contribution is 2.19. The Hall–Kier alpha value is -0.760. The van der Waals surface area contributed by atoms with Gasteiger partial charge in [-0.2, -0.15) is 0 Å². The third kappa shape index (κ3) is 2.38. The summed E-state index contributed by atoms with van der Waals surface area (Å²) in [5.41, 5.74) is 1.09. The van der Waals surface area contributed by atoms with Crippen molar-refractivity contribution in [1.29, 1.82) is 0 Å². The lowest BCUT2D eigenvalue weighted by Crippen LogP contribution is -1.92. The molecule has 1 aromatic carbocycles. The van der Waals surface area contributed by atoms with Crippen molar-refractivity contribution in [2.45, 2.75) is 6.92 Å². The monoisotopic (exact) mass is 226 g/mol. The zero-order valence-corrected chi connectivity index (χ0v) is 8.54. The van der Waals surface area contributed by atoms with E-state index in [1.165, 1.54) is 0 Å². The molecule has 0 bridgehead atoms. The summed E-state index contributed by atoms with van der Waals surface area (Å²) in [6, 6.07) is 7.94. The number of hydrogen-bond acceptors (Lipinski definition) is 1. The normalized spacial score (nSPS) is 10.5. The van der Waals surface area contributed by atoms with Crippen LogP contribution in [0, 0.1) is 0 Å². The van der Waals surface area contributed by atoms with Crippen LogP contribution in [0.2, 0.25) is 0 Å². The largest absolute Gasteiger partial charge is 0.493 e. The van der Waals surface area contributed by atoms with Crippen molar-refractivity contribution in [2.75, 3.05) is 6.61 Å². The molecule has 1 rings (SSSR count). The van der Waals surface area contributed by atoms with E-state index >= 15 is 0 Å². The molecule has 0 heterocycles. The van der Waals surface area contributed by atoms with E-state index in [9.17, 15) is 0 Å². The Bertz CT molecular complexity index is 268. The van der Waals surface area contributed by atoms with Gasteiger partial charge in [-0.1, -0.05) is 34.1 Å². The zero-order chi connectivity index (χ0) is 8.81. The molecule has 0 aliphatic heterocycles. The molecule has 0 aliphatic carbocycles. The molecule has 0 aliphatic rings. The van der Waals surface area contributed by atoms with Crippen molar-refractivity contribution in [3.63, 3.8) is 0 Å². The summed E-state index contributed by atoms with van der Waals surface area (Å²) in [4.78, 5) is 1.82. The number of para-hydroxylation sites is 1. The van der Waals surface area contributed by atoms with Gasteiger partial charge in [0.2, 0.25) is 0 Å². The Morgan fingerprint density at radius 3 is 2.83 bits per heavy atom. The van der Waals surface area contributed by atoms with Crippen LogP contribution in [-0.2, 0) is 0 Å². The Morgan fingerprint density at radius 1 is 1.42 bits per heavy atom. The van der Waals surface area contributed by atoms with Crippen LogP contribution in [0.3, 0.4) is 0 Å². The first-order valence-electron chi connectivity index (χ1n) is 3.87. The smallest absolute Gasteiger partial charge is 0.126 e. The number of hydrogen-bond donors (Lipinski definition) is 0. The van der Waals surface area contributed by atoms with E-state index < -0.39 is 0 Å². The summed E-state index contributed by atoms with van der Waals surface area (Å²) in [6.45, 7) is 2.68. The van der Waals surface area contributed by atoms with E-state index in [1.807, 2.05) is 42.3 Å². The molecule has 1 nitrogen and oxygen atoms in total. The number of rotatable bonds is 3. The molecule has 0 radical (unpaired) electrons. The highest BCUT2D eigenvalue weighted by molar-refractivity contribution is 9.11. The van der Waals surface area contributed by atoms with Gasteiger partial charge >= 0.3 is 0 Å². The average molecular weight is 227 g/mol.